The van der Waals surface area contributed by atoms with Crippen LogP contribution >= 0.6 is 0 Å². The van der Waals surface area contributed by atoms with Gasteiger partial charge in [-0.1, -0.05) is 0 Å². The second-order valence-corrected chi connectivity index (χ2v) is 25.3. The molecular weight excluding hydrogens is 1370 g/mol. The summed E-state index contributed by atoms with van der Waals surface area (Å²) >= 11 is 0. The van der Waals surface area contributed by atoms with E-state index in [1.54, 1.807) is 0 Å². The summed E-state index contributed by atoms with van der Waals surface area (Å²) in [5.41, 5.74) is 0. The zero-order valence-electron chi connectivity index (χ0n) is 51.8. The van der Waals surface area contributed by atoms with Gasteiger partial charge in [-0.25, -0.2) is 0 Å². The Kier molecular flexibility index (Phi) is 27.4. The fourth-order valence-corrected chi connectivity index (χ4v) is 13.2. The molecule has 0 saturated carbocycles. The molecule has 0 spiro atoms. The highest BCUT2D eigenvalue weighted by atomic mass is 16.8. The minimum atomic E-state index is -2.39. The van der Waals surface area contributed by atoms with Gasteiger partial charge in [0.2, 0.25) is 0 Å². The van der Waals surface area contributed by atoms with Gasteiger partial charge in [-0.2, -0.15) is 0 Å². The molecule has 45 nitrogen and oxygen atoms in total. The predicted molar refractivity (Wildman–Crippen MR) is 294 cm³/mol. The monoisotopic (exact) mass is 1460 g/mol. The Morgan fingerprint density at radius 2 is 0.333 bits per heavy atom. The molecule has 0 unspecified atom stereocenters. The molecule has 0 aliphatic carbocycles. The molecule has 23 saturated heterocycles. The molecule has 0 aromatic heterocycles. The average Bonchev–Trinajstić information content (AvgIpc) is 0.781. The van der Waals surface area contributed by atoms with E-state index < -0.39 is 336 Å². The van der Waals surface area contributed by atoms with Crippen molar-refractivity contribution in [2.45, 2.75) is 276 Å². The SMILES string of the molecule is OC[C@H]1O[C@@H](OC[C@H]2O[C@@H]3O[C@H]4[C@H](O)[C@@H](O)[C@@H](O[C@H]5[C@H](O)[C@@H](O)[C@@H](O[C@H]6[C@H](O)[C@@H](O)[C@@H](O[C@H]7[C@H](O)[C@@H](O)[C@@H](O[C@H]8[C@H](O)[C@@H](O)[C@@H](O[C@H]9[C@H](O)[C@@H](O)[C@@H](O[C@H]2[C@H](O)[C@H]3O)O[C@@H]9CO)O[C@@H]8CO)O[C@@H]7CO)O[C@@H]6CO[C@@H]2O[C@H](CO)[C@H](O)[C@H](O)[C@H]2O)O[C@@H]5CO)O[C@@H]4CO)[C@H](O)[C@@H](O)[C@H]1O. The minimum Gasteiger partial charge on any atom is -0.394 e. The first kappa shape index (κ1) is 79.8. The summed E-state index contributed by atoms with van der Waals surface area (Å²) < 4.78 is 104. The number of aliphatic hydroxyl groups is 27. The Morgan fingerprint density at radius 3 is 0.515 bits per heavy atom. The summed E-state index contributed by atoms with van der Waals surface area (Å²) in [4.78, 5) is 0. The summed E-state index contributed by atoms with van der Waals surface area (Å²) in [5, 5.41) is 300. The molecule has 45 heteroatoms. The number of hydrogen-bond acceptors (Lipinski definition) is 45. The molecule has 576 valence electrons. The normalized spacial score (nSPS) is 55.1. The van der Waals surface area contributed by atoms with Gasteiger partial charge in [0, 0.05) is 0 Å². The number of aliphatic hydroxyl groups excluding tert-OH is 27. The van der Waals surface area contributed by atoms with Crippen LogP contribution < -0.4 is 0 Å². The molecule has 14 bridgehead atoms. The highest BCUT2D eigenvalue weighted by molar-refractivity contribution is 5.03. The lowest BCUT2D eigenvalue weighted by molar-refractivity contribution is -0.399. The third-order valence-corrected chi connectivity index (χ3v) is 19.0. The Morgan fingerprint density at radius 1 is 0.162 bits per heavy atom. The summed E-state index contributed by atoms with van der Waals surface area (Å²) in [7, 11) is 0. The predicted octanol–water partition coefficient (Wildman–Crippen LogP) is -19.6. The Hall–Kier alpha value is -1.80. The van der Waals surface area contributed by atoms with E-state index in [1.807, 2.05) is 0 Å². The van der Waals surface area contributed by atoms with E-state index in [4.69, 9.17) is 85.3 Å². The van der Waals surface area contributed by atoms with Crippen molar-refractivity contribution in [3.63, 3.8) is 0 Å². The Bertz CT molecular complexity index is 2420. The lowest BCUT2D eigenvalue weighted by Gasteiger charge is -2.50. The summed E-state index contributed by atoms with van der Waals surface area (Å²) in [6.07, 6.45) is -95.1. The fraction of sp³-hybridized carbons (Fsp3) is 1.00. The van der Waals surface area contributed by atoms with Crippen LogP contribution in [0.5, 0.6) is 0 Å². The van der Waals surface area contributed by atoms with Crippen molar-refractivity contribution in [1.29, 1.82) is 0 Å². The van der Waals surface area contributed by atoms with E-state index in [9.17, 15) is 138 Å². The average molecular weight is 1460 g/mol. The molecular formula is C54H90O45. The van der Waals surface area contributed by atoms with Gasteiger partial charge in [0.1, 0.15) is 220 Å². The molecule has 23 aliphatic rings. The van der Waals surface area contributed by atoms with Gasteiger partial charge >= 0.3 is 0 Å². The van der Waals surface area contributed by atoms with Crippen molar-refractivity contribution in [2.24, 2.45) is 0 Å². The van der Waals surface area contributed by atoms with Crippen molar-refractivity contribution < 1.29 is 223 Å². The quantitative estimate of drug-likeness (QED) is 0.0814. The van der Waals surface area contributed by atoms with Gasteiger partial charge in [-0.3, -0.25) is 0 Å². The smallest absolute Gasteiger partial charge is 0.187 e. The van der Waals surface area contributed by atoms with Crippen LogP contribution in [0.25, 0.3) is 0 Å². The molecule has 45 atom stereocenters. The van der Waals surface area contributed by atoms with Crippen molar-refractivity contribution in [3.8, 4) is 0 Å². The van der Waals surface area contributed by atoms with Crippen LogP contribution in [0.2, 0.25) is 0 Å². The van der Waals surface area contributed by atoms with Gasteiger partial charge in [0.05, 0.1) is 59.5 Å². The maximum atomic E-state index is 11.9. The van der Waals surface area contributed by atoms with Crippen molar-refractivity contribution in [1.82, 2.24) is 0 Å². The van der Waals surface area contributed by atoms with Gasteiger partial charge in [0.15, 0.2) is 56.6 Å². The molecule has 23 rings (SSSR count). The Labute approximate surface area is 558 Å². The van der Waals surface area contributed by atoms with E-state index in [0.717, 1.165) is 0 Å². The molecule has 23 heterocycles. The Balaban J connectivity index is 0.964. The van der Waals surface area contributed by atoms with Crippen LogP contribution in [0.1, 0.15) is 0 Å². The topological polar surface area (TPSA) is 712 Å². The minimum absolute atomic E-state index is 0.939. The van der Waals surface area contributed by atoms with Gasteiger partial charge < -0.3 is 223 Å². The van der Waals surface area contributed by atoms with Gasteiger partial charge in [-0.15, -0.1) is 0 Å². The molecule has 0 aromatic carbocycles. The van der Waals surface area contributed by atoms with E-state index in [1.165, 1.54) is 0 Å². The maximum Gasteiger partial charge on any atom is 0.187 e. The second kappa shape index (κ2) is 34.0. The summed E-state index contributed by atoms with van der Waals surface area (Å²) in [5.74, 6) is 0. The zero-order chi connectivity index (χ0) is 72.1. The van der Waals surface area contributed by atoms with Crippen LogP contribution in [0.4, 0.5) is 0 Å². The van der Waals surface area contributed by atoms with Crippen LogP contribution in [-0.4, -0.2) is 474 Å². The van der Waals surface area contributed by atoms with Crippen molar-refractivity contribution >= 4 is 0 Å². The van der Waals surface area contributed by atoms with Crippen LogP contribution in [0, 0.1) is 0 Å². The molecule has 0 aromatic rings. The molecule has 0 amide bonds. The largest absolute Gasteiger partial charge is 0.394 e. The first-order valence-electron chi connectivity index (χ1n) is 31.6. The van der Waals surface area contributed by atoms with Crippen LogP contribution in [0.15, 0.2) is 0 Å². The van der Waals surface area contributed by atoms with E-state index in [-0.39, 0.29) is 0 Å². The number of rotatable bonds is 13. The fourth-order valence-electron chi connectivity index (χ4n) is 13.2. The van der Waals surface area contributed by atoms with E-state index in [0.29, 0.717) is 0 Å². The van der Waals surface area contributed by atoms with Gasteiger partial charge in [-0.05, 0) is 0 Å². The van der Waals surface area contributed by atoms with Crippen molar-refractivity contribution in [3.05, 3.63) is 0 Å². The molecule has 27 N–H and O–H groups in total. The van der Waals surface area contributed by atoms with E-state index in [2.05, 4.69) is 0 Å². The maximum absolute atomic E-state index is 11.9. The standard InChI is InChI=1S/C54H90O45/c55-1-10-19(62)21(64)30(73)46(84-10)82-8-17-44-29(72)38(81)54(92-17)97-43-16(7-61)88-50(34(77)25(43)68)95-41-14(5-59)90-52(36(79)27(41)70)99-45-18(9-83-47-31(74)22(65)20(63)11(2-56)85-47)91-53(37(80)28(45)71)96-42-15(6-60)87-49(33(76)24(42)67)93-39-12(3-57)86-48(32(75)23(39)66)94-40-13(4-58)89-51(98-44)35(78)26(40)69/h10-81H,1-9H2/t10-,11-,12-,13-,14-,15-,16-,17-,18-,19+,20+,21+,22+,23-,24-,25-,26-,27-,28-,29-,30-,31-,32-,33-,34-,35-,36-,37-,38-,39-,40-,41-,42-,43-,44-,45-,46-,47-,48-,49-,50-,51-,52-,53-,54-/m1/s1. The number of hydrogen-bond donors (Lipinski definition) is 27. The lowest BCUT2D eigenvalue weighted by Crippen LogP contribution is -2.68. The number of ether oxygens (including phenoxy) is 18. The molecule has 99 heavy (non-hydrogen) atoms. The first-order chi connectivity index (χ1) is 47.1. The molecule has 0 radical (unpaired) electrons. The summed E-state index contributed by atoms with van der Waals surface area (Å²) in [6, 6.07) is 0. The third kappa shape index (κ3) is 16.1. The van der Waals surface area contributed by atoms with Crippen LogP contribution in [0.3, 0.4) is 0 Å². The molecule has 23 fully saturated rings. The zero-order valence-corrected chi connectivity index (χ0v) is 51.8. The lowest BCUT2D eigenvalue weighted by atomic mass is 9.95. The summed E-state index contributed by atoms with van der Waals surface area (Å²) in [6.45, 7) is -9.72. The van der Waals surface area contributed by atoms with E-state index >= 15 is 0 Å². The highest BCUT2D eigenvalue weighted by Gasteiger charge is 2.61. The van der Waals surface area contributed by atoms with Crippen LogP contribution in [-0.2, 0) is 85.3 Å². The second-order valence-electron chi connectivity index (χ2n) is 25.3. The highest BCUT2D eigenvalue weighted by Crippen LogP contribution is 2.40. The first-order valence-corrected chi connectivity index (χ1v) is 31.6. The van der Waals surface area contributed by atoms with Crippen molar-refractivity contribution in [2.75, 3.05) is 59.5 Å². The third-order valence-electron chi connectivity index (χ3n) is 19.0. The van der Waals surface area contributed by atoms with Gasteiger partial charge in [0.25, 0.3) is 0 Å². The molecule has 23 aliphatic heterocycles.